The smallest absolute Gasteiger partial charge is 0.110 e. The average Bonchev–Trinajstić information content (AvgIpc) is 2.12. The molecule has 0 rings (SSSR count). The SMILES string of the molecule is Cl.N[C@H](CO)[C@@H](O)[C@H](O)[C@H](O)CO. The minimum atomic E-state index is -1.54. The van der Waals surface area contributed by atoms with Crippen molar-refractivity contribution >= 4 is 12.4 Å². The first-order chi connectivity index (χ1) is 5.54. The fourth-order valence-corrected chi connectivity index (χ4v) is 0.697. The van der Waals surface area contributed by atoms with Crippen LogP contribution in [0.4, 0.5) is 0 Å². The van der Waals surface area contributed by atoms with E-state index < -0.39 is 37.6 Å². The molecule has 82 valence electrons. The molecule has 7 heteroatoms. The summed E-state index contributed by atoms with van der Waals surface area (Å²) < 4.78 is 0. The van der Waals surface area contributed by atoms with Gasteiger partial charge in [0.05, 0.1) is 25.4 Å². The van der Waals surface area contributed by atoms with E-state index in [0.29, 0.717) is 0 Å². The largest absolute Gasteiger partial charge is 0.395 e. The van der Waals surface area contributed by atoms with Crippen LogP contribution >= 0.6 is 12.4 Å². The first-order valence-electron chi connectivity index (χ1n) is 3.56. The lowest BCUT2D eigenvalue weighted by Gasteiger charge is -2.24. The molecular formula is C6H16ClNO5. The average molecular weight is 218 g/mol. The third kappa shape index (κ3) is 4.72. The van der Waals surface area contributed by atoms with Gasteiger partial charge >= 0.3 is 0 Å². The van der Waals surface area contributed by atoms with E-state index in [4.69, 9.17) is 31.3 Å². The lowest BCUT2D eigenvalue weighted by atomic mass is 10.0. The Morgan fingerprint density at radius 2 is 1.38 bits per heavy atom. The number of aliphatic hydroxyl groups is 5. The zero-order valence-corrected chi connectivity index (χ0v) is 7.76. The van der Waals surface area contributed by atoms with Crippen molar-refractivity contribution in [1.82, 2.24) is 0 Å². The molecule has 0 saturated heterocycles. The summed E-state index contributed by atoms with van der Waals surface area (Å²) in [6.45, 7) is -1.17. The molecule has 0 heterocycles. The number of hydrogen-bond acceptors (Lipinski definition) is 6. The molecule has 0 aliphatic heterocycles. The van der Waals surface area contributed by atoms with E-state index in [1.807, 2.05) is 0 Å². The first kappa shape index (κ1) is 15.5. The van der Waals surface area contributed by atoms with Gasteiger partial charge in [-0.3, -0.25) is 0 Å². The van der Waals surface area contributed by atoms with Crippen LogP contribution in [-0.2, 0) is 0 Å². The van der Waals surface area contributed by atoms with Crippen molar-refractivity contribution in [3.05, 3.63) is 0 Å². The van der Waals surface area contributed by atoms with Gasteiger partial charge in [0.25, 0.3) is 0 Å². The molecular weight excluding hydrogens is 202 g/mol. The van der Waals surface area contributed by atoms with Gasteiger partial charge in [0.1, 0.15) is 12.2 Å². The van der Waals surface area contributed by atoms with Crippen LogP contribution in [0.2, 0.25) is 0 Å². The van der Waals surface area contributed by atoms with Crippen molar-refractivity contribution in [2.75, 3.05) is 13.2 Å². The summed E-state index contributed by atoms with van der Waals surface area (Å²) in [6.07, 6.45) is -4.44. The normalized spacial score (nSPS) is 19.8. The van der Waals surface area contributed by atoms with Crippen LogP contribution in [0.25, 0.3) is 0 Å². The molecule has 0 unspecified atom stereocenters. The predicted octanol–water partition coefficient (Wildman–Crippen LogP) is -3.20. The molecule has 13 heavy (non-hydrogen) atoms. The second kappa shape index (κ2) is 7.45. The fourth-order valence-electron chi connectivity index (χ4n) is 0.697. The topological polar surface area (TPSA) is 127 Å². The molecule has 0 aromatic rings. The van der Waals surface area contributed by atoms with Crippen molar-refractivity contribution < 1.29 is 25.5 Å². The lowest BCUT2D eigenvalue weighted by Crippen LogP contribution is -2.50. The molecule has 0 aliphatic rings. The van der Waals surface area contributed by atoms with Crippen molar-refractivity contribution in [1.29, 1.82) is 0 Å². The van der Waals surface area contributed by atoms with Crippen LogP contribution in [0, 0.1) is 0 Å². The third-order valence-corrected chi connectivity index (χ3v) is 1.58. The van der Waals surface area contributed by atoms with Crippen molar-refractivity contribution in [3.63, 3.8) is 0 Å². The molecule has 6 nitrogen and oxygen atoms in total. The van der Waals surface area contributed by atoms with Gasteiger partial charge in [0, 0.05) is 0 Å². The Bertz CT molecular complexity index is 114. The summed E-state index contributed by atoms with van der Waals surface area (Å²) in [6, 6.07) is -1.03. The maximum Gasteiger partial charge on any atom is 0.110 e. The summed E-state index contributed by atoms with van der Waals surface area (Å²) in [5.74, 6) is 0. The van der Waals surface area contributed by atoms with E-state index in [9.17, 15) is 0 Å². The lowest BCUT2D eigenvalue weighted by molar-refractivity contribution is -0.0873. The van der Waals surface area contributed by atoms with Gasteiger partial charge in [-0.1, -0.05) is 0 Å². The fraction of sp³-hybridized carbons (Fsp3) is 1.00. The van der Waals surface area contributed by atoms with Gasteiger partial charge in [0.15, 0.2) is 0 Å². The van der Waals surface area contributed by atoms with Gasteiger partial charge in [-0.2, -0.15) is 0 Å². The summed E-state index contributed by atoms with van der Waals surface area (Å²) in [5.41, 5.74) is 5.16. The molecule has 0 aromatic heterocycles. The maximum absolute atomic E-state index is 9.08. The highest BCUT2D eigenvalue weighted by atomic mass is 35.5. The molecule has 0 spiro atoms. The Morgan fingerprint density at radius 1 is 0.923 bits per heavy atom. The molecule has 0 bridgehead atoms. The van der Waals surface area contributed by atoms with E-state index in [1.54, 1.807) is 0 Å². The molecule has 7 N–H and O–H groups in total. The summed E-state index contributed by atoms with van der Waals surface area (Å²) in [4.78, 5) is 0. The van der Waals surface area contributed by atoms with E-state index in [-0.39, 0.29) is 12.4 Å². The van der Waals surface area contributed by atoms with E-state index >= 15 is 0 Å². The molecule has 0 amide bonds. The minimum Gasteiger partial charge on any atom is -0.395 e. The van der Waals surface area contributed by atoms with Crippen molar-refractivity contribution in [3.8, 4) is 0 Å². The Labute approximate surface area is 82.0 Å². The molecule has 0 fully saturated rings. The number of hydrogen-bond donors (Lipinski definition) is 6. The van der Waals surface area contributed by atoms with Gasteiger partial charge in [-0.15, -0.1) is 12.4 Å². The van der Waals surface area contributed by atoms with Crippen LogP contribution < -0.4 is 5.73 Å². The summed E-state index contributed by atoms with van der Waals surface area (Å²) in [7, 11) is 0. The maximum atomic E-state index is 9.08. The van der Waals surface area contributed by atoms with Gasteiger partial charge in [-0.25, -0.2) is 0 Å². The van der Waals surface area contributed by atoms with Gasteiger partial charge < -0.3 is 31.3 Å². The van der Waals surface area contributed by atoms with Crippen LogP contribution in [-0.4, -0.2) is 63.1 Å². The van der Waals surface area contributed by atoms with Gasteiger partial charge in [-0.05, 0) is 0 Å². The Morgan fingerprint density at radius 3 is 1.69 bits per heavy atom. The van der Waals surface area contributed by atoms with Crippen LogP contribution in [0.5, 0.6) is 0 Å². The first-order valence-corrected chi connectivity index (χ1v) is 3.56. The quantitative estimate of drug-likeness (QED) is 0.288. The molecule has 0 aromatic carbocycles. The third-order valence-electron chi connectivity index (χ3n) is 1.58. The Kier molecular flexibility index (Phi) is 8.90. The van der Waals surface area contributed by atoms with Crippen LogP contribution in [0.1, 0.15) is 0 Å². The number of halogens is 1. The van der Waals surface area contributed by atoms with E-state index in [0.717, 1.165) is 0 Å². The second-order valence-corrected chi connectivity index (χ2v) is 2.58. The highest BCUT2D eigenvalue weighted by Crippen LogP contribution is 2.02. The summed E-state index contributed by atoms with van der Waals surface area (Å²) >= 11 is 0. The molecule has 0 saturated carbocycles. The van der Waals surface area contributed by atoms with Gasteiger partial charge in [0.2, 0.25) is 0 Å². The molecule has 0 aliphatic carbocycles. The monoisotopic (exact) mass is 217 g/mol. The molecule has 4 atom stereocenters. The zero-order chi connectivity index (χ0) is 9.72. The Hall–Kier alpha value is 0.0500. The van der Waals surface area contributed by atoms with Crippen molar-refractivity contribution in [2.45, 2.75) is 24.4 Å². The summed E-state index contributed by atoms with van der Waals surface area (Å²) in [5, 5.41) is 43.8. The number of nitrogens with two attached hydrogens (primary N) is 1. The van der Waals surface area contributed by atoms with Crippen LogP contribution in [0.3, 0.4) is 0 Å². The molecule has 0 radical (unpaired) electrons. The second-order valence-electron chi connectivity index (χ2n) is 2.58. The van der Waals surface area contributed by atoms with E-state index in [1.165, 1.54) is 0 Å². The minimum absolute atomic E-state index is 0. The predicted molar refractivity (Wildman–Crippen MR) is 47.4 cm³/mol. The highest BCUT2D eigenvalue weighted by Gasteiger charge is 2.28. The van der Waals surface area contributed by atoms with Crippen molar-refractivity contribution in [2.24, 2.45) is 5.73 Å². The van der Waals surface area contributed by atoms with E-state index in [2.05, 4.69) is 0 Å². The zero-order valence-electron chi connectivity index (χ0n) is 6.95. The van der Waals surface area contributed by atoms with Crippen LogP contribution in [0.15, 0.2) is 0 Å². The number of rotatable bonds is 5. The standard InChI is InChI=1S/C6H15NO5.ClH/c7-3(1-8)5(11)6(12)4(10)2-9;/h3-6,8-12H,1-2,7H2;1H/t3-,4-,5-,6-;/m1./s1. The number of aliphatic hydroxyl groups excluding tert-OH is 5. The Balaban J connectivity index is 0. The highest BCUT2D eigenvalue weighted by molar-refractivity contribution is 5.85.